The maximum atomic E-state index is 12.8. The number of nitrogens with zero attached hydrogens (tertiary/aromatic N) is 1. The van der Waals surface area contributed by atoms with Crippen molar-refractivity contribution in [3.63, 3.8) is 0 Å². The lowest BCUT2D eigenvalue weighted by Gasteiger charge is -2.26. The predicted molar refractivity (Wildman–Crippen MR) is 104 cm³/mol. The fraction of sp³-hybridized carbons (Fsp3) is 0.353. The van der Waals surface area contributed by atoms with Crippen molar-refractivity contribution in [2.24, 2.45) is 5.92 Å². The van der Waals surface area contributed by atoms with E-state index >= 15 is 0 Å². The zero-order valence-electron chi connectivity index (χ0n) is 14.3. The van der Waals surface area contributed by atoms with Crippen LogP contribution in [0.4, 0.5) is 0 Å². The SMILES string of the molecule is CC(C)[C@H](NS(=O)(=O)c1ccc(Br)cc1)C(=O)N(C)Cc1cccs1. The summed E-state index contributed by atoms with van der Waals surface area (Å²) in [5.74, 6) is -0.424. The molecule has 0 fully saturated rings. The zero-order valence-corrected chi connectivity index (χ0v) is 17.5. The van der Waals surface area contributed by atoms with Gasteiger partial charge in [0.2, 0.25) is 15.9 Å². The number of carbonyl (C=O) groups excluding carboxylic acids is 1. The van der Waals surface area contributed by atoms with Crippen molar-refractivity contribution in [2.75, 3.05) is 7.05 Å². The molecule has 1 aromatic carbocycles. The molecule has 0 unspecified atom stereocenters. The average Bonchev–Trinajstić information content (AvgIpc) is 3.05. The Balaban J connectivity index is 2.16. The first-order valence-electron chi connectivity index (χ1n) is 7.76. The fourth-order valence-electron chi connectivity index (χ4n) is 2.27. The minimum atomic E-state index is -3.78. The van der Waals surface area contributed by atoms with Crippen molar-refractivity contribution < 1.29 is 13.2 Å². The molecular formula is C17H21BrN2O3S2. The number of likely N-dealkylation sites (N-methyl/N-ethyl adjacent to an activating group) is 1. The Bertz CT molecular complexity index is 803. The van der Waals surface area contributed by atoms with Gasteiger partial charge in [0.25, 0.3) is 0 Å². The Morgan fingerprint density at radius 2 is 1.88 bits per heavy atom. The molecule has 1 N–H and O–H groups in total. The molecule has 1 atom stereocenters. The molecule has 8 heteroatoms. The summed E-state index contributed by atoms with van der Waals surface area (Å²) in [4.78, 5) is 15.5. The number of rotatable bonds is 7. The van der Waals surface area contributed by atoms with Gasteiger partial charge in [0.15, 0.2) is 0 Å². The Labute approximate surface area is 161 Å². The standard InChI is InChI=1S/C17H21BrN2O3S2/c1-12(2)16(17(21)20(3)11-14-5-4-10-24-14)19-25(22,23)15-8-6-13(18)7-9-15/h4-10,12,16,19H,11H2,1-3H3/t16-/m0/s1. The molecule has 0 saturated carbocycles. The highest BCUT2D eigenvalue weighted by atomic mass is 79.9. The number of hydrogen-bond donors (Lipinski definition) is 1. The molecule has 0 saturated heterocycles. The Morgan fingerprint density at radius 3 is 2.40 bits per heavy atom. The molecule has 0 aliphatic carbocycles. The second-order valence-electron chi connectivity index (χ2n) is 6.07. The van der Waals surface area contributed by atoms with Gasteiger partial charge >= 0.3 is 0 Å². The molecule has 25 heavy (non-hydrogen) atoms. The van der Waals surface area contributed by atoms with Gasteiger partial charge < -0.3 is 4.90 Å². The van der Waals surface area contributed by atoms with Gasteiger partial charge in [0.05, 0.1) is 11.4 Å². The topological polar surface area (TPSA) is 66.5 Å². The van der Waals surface area contributed by atoms with E-state index in [2.05, 4.69) is 20.7 Å². The van der Waals surface area contributed by atoms with Crippen LogP contribution in [-0.4, -0.2) is 32.3 Å². The van der Waals surface area contributed by atoms with Gasteiger partial charge in [-0.1, -0.05) is 35.8 Å². The van der Waals surface area contributed by atoms with Crippen molar-refractivity contribution in [1.82, 2.24) is 9.62 Å². The van der Waals surface area contributed by atoms with Gasteiger partial charge in [0.1, 0.15) is 6.04 Å². The Morgan fingerprint density at radius 1 is 1.24 bits per heavy atom. The van der Waals surface area contributed by atoms with Gasteiger partial charge in [-0.2, -0.15) is 4.72 Å². The number of hydrogen-bond acceptors (Lipinski definition) is 4. The Kier molecular flexibility index (Phi) is 6.79. The average molecular weight is 445 g/mol. The highest BCUT2D eigenvalue weighted by Gasteiger charge is 2.30. The summed E-state index contributed by atoms with van der Waals surface area (Å²) in [5.41, 5.74) is 0. The third-order valence-electron chi connectivity index (χ3n) is 3.69. The summed E-state index contributed by atoms with van der Waals surface area (Å²) in [6.45, 7) is 4.11. The number of benzene rings is 1. The normalized spacial score (nSPS) is 13.0. The number of amides is 1. The van der Waals surface area contributed by atoms with Crippen LogP contribution in [0.3, 0.4) is 0 Å². The molecule has 136 valence electrons. The maximum Gasteiger partial charge on any atom is 0.241 e. The number of nitrogens with one attached hydrogen (secondary N) is 1. The third kappa shape index (κ3) is 5.37. The zero-order chi connectivity index (χ0) is 18.6. The molecule has 1 aromatic heterocycles. The van der Waals surface area contributed by atoms with E-state index in [-0.39, 0.29) is 16.7 Å². The summed E-state index contributed by atoms with van der Waals surface area (Å²) < 4.78 is 28.6. The van der Waals surface area contributed by atoms with E-state index in [4.69, 9.17) is 0 Å². The lowest BCUT2D eigenvalue weighted by atomic mass is 10.0. The molecule has 0 aliphatic rings. The van der Waals surface area contributed by atoms with E-state index in [1.807, 2.05) is 31.4 Å². The summed E-state index contributed by atoms with van der Waals surface area (Å²) in [6.07, 6.45) is 0. The number of carbonyl (C=O) groups is 1. The van der Waals surface area contributed by atoms with Crippen LogP contribution in [0.1, 0.15) is 18.7 Å². The van der Waals surface area contributed by atoms with Crippen LogP contribution >= 0.6 is 27.3 Å². The quantitative estimate of drug-likeness (QED) is 0.710. The molecule has 1 amide bonds. The number of sulfonamides is 1. The first-order chi connectivity index (χ1) is 11.7. The van der Waals surface area contributed by atoms with Gasteiger partial charge in [-0.25, -0.2) is 8.42 Å². The fourth-order valence-corrected chi connectivity index (χ4v) is 4.63. The monoisotopic (exact) mass is 444 g/mol. The molecule has 1 heterocycles. The summed E-state index contributed by atoms with van der Waals surface area (Å²) in [5, 5.41) is 1.95. The van der Waals surface area contributed by atoms with Crippen LogP contribution < -0.4 is 4.72 Å². The van der Waals surface area contributed by atoms with Gasteiger partial charge in [-0.05, 0) is 41.6 Å². The van der Waals surface area contributed by atoms with Gasteiger partial charge in [-0.15, -0.1) is 11.3 Å². The predicted octanol–water partition coefficient (Wildman–Crippen LogP) is 3.47. The molecule has 0 radical (unpaired) electrons. The van der Waals surface area contributed by atoms with Crippen molar-refractivity contribution in [1.29, 1.82) is 0 Å². The first-order valence-corrected chi connectivity index (χ1v) is 10.9. The van der Waals surface area contributed by atoms with E-state index in [9.17, 15) is 13.2 Å². The highest BCUT2D eigenvalue weighted by molar-refractivity contribution is 9.10. The number of halogens is 1. The van der Waals surface area contributed by atoms with E-state index in [1.54, 1.807) is 35.4 Å². The molecule has 2 rings (SSSR count). The van der Waals surface area contributed by atoms with Crippen LogP contribution in [0, 0.1) is 5.92 Å². The number of thiophene rings is 1. The minimum absolute atomic E-state index is 0.134. The molecule has 5 nitrogen and oxygen atoms in total. The van der Waals surface area contributed by atoms with Crippen molar-refractivity contribution in [3.05, 3.63) is 51.1 Å². The van der Waals surface area contributed by atoms with Gasteiger partial charge in [-0.3, -0.25) is 4.79 Å². The van der Waals surface area contributed by atoms with E-state index < -0.39 is 16.1 Å². The van der Waals surface area contributed by atoms with Crippen LogP contribution in [0.5, 0.6) is 0 Å². The summed E-state index contributed by atoms with van der Waals surface area (Å²) >= 11 is 4.84. The smallest absolute Gasteiger partial charge is 0.241 e. The van der Waals surface area contributed by atoms with E-state index in [0.29, 0.717) is 6.54 Å². The lowest BCUT2D eigenvalue weighted by molar-refractivity contribution is -0.133. The maximum absolute atomic E-state index is 12.8. The van der Waals surface area contributed by atoms with Gasteiger partial charge in [0, 0.05) is 16.4 Å². The van der Waals surface area contributed by atoms with E-state index in [0.717, 1.165) is 9.35 Å². The second kappa shape index (κ2) is 8.44. The van der Waals surface area contributed by atoms with Crippen LogP contribution in [0.25, 0.3) is 0 Å². The molecule has 2 aromatic rings. The van der Waals surface area contributed by atoms with Crippen molar-refractivity contribution in [2.45, 2.75) is 31.3 Å². The van der Waals surface area contributed by atoms with E-state index in [1.165, 1.54) is 12.1 Å². The molecule has 0 aliphatic heterocycles. The summed E-state index contributed by atoms with van der Waals surface area (Å²) in [6, 6.07) is 9.37. The summed E-state index contributed by atoms with van der Waals surface area (Å²) in [7, 11) is -2.09. The van der Waals surface area contributed by atoms with Crippen LogP contribution in [-0.2, 0) is 21.4 Å². The second-order valence-corrected chi connectivity index (χ2v) is 9.73. The van der Waals surface area contributed by atoms with Crippen molar-refractivity contribution >= 4 is 43.2 Å². The largest absolute Gasteiger partial charge is 0.339 e. The first kappa shape index (κ1) is 20.1. The molecule has 0 bridgehead atoms. The van der Waals surface area contributed by atoms with Crippen LogP contribution in [0.2, 0.25) is 0 Å². The lowest BCUT2D eigenvalue weighted by Crippen LogP contribution is -2.49. The minimum Gasteiger partial charge on any atom is -0.339 e. The molecular weight excluding hydrogens is 424 g/mol. The molecule has 0 spiro atoms. The van der Waals surface area contributed by atoms with Crippen molar-refractivity contribution in [3.8, 4) is 0 Å². The Hall–Kier alpha value is -1.22. The third-order valence-corrected chi connectivity index (χ3v) is 6.53. The highest BCUT2D eigenvalue weighted by Crippen LogP contribution is 2.18. The van der Waals surface area contributed by atoms with Crippen LogP contribution in [0.15, 0.2) is 51.1 Å².